The average Bonchev–Trinajstić information content (AvgIpc) is 3.19. The van der Waals surface area contributed by atoms with Crippen molar-refractivity contribution in [3.8, 4) is 29.1 Å². The Morgan fingerprint density at radius 2 is 1.26 bits per heavy atom. The Hall–Kier alpha value is -5.79. The summed E-state index contributed by atoms with van der Waals surface area (Å²) in [5.74, 6) is 7.46. The van der Waals surface area contributed by atoms with E-state index in [1.807, 2.05) is 36.4 Å². The molecule has 0 unspecified atom stereocenters. The van der Waals surface area contributed by atoms with Gasteiger partial charge in [-0.15, -0.1) is 5.06 Å². The summed E-state index contributed by atoms with van der Waals surface area (Å²) in [6.07, 6.45) is -1.74. The molecule has 0 bridgehead atoms. The molecular weight excluding hydrogens is 690 g/mol. The van der Waals surface area contributed by atoms with Gasteiger partial charge in [-0.2, -0.15) is 0 Å². The fourth-order valence-corrected chi connectivity index (χ4v) is 6.02. The first-order valence-electron chi connectivity index (χ1n) is 17.5. The van der Waals surface area contributed by atoms with E-state index in [9.17, 15) is 9.59 Å². The number of nitrogens with zero attached hydrogens (tertiary/aromatic N) is 3. The molecule has 0 aliphatic carbocycles. The maximum absolute atomic E-state index is 12.8. The highest BCUT2D eigenvalue weighted by Crippen LogP contribution is 2.30. The van der Waals surface area contributed by atoms with Crippen LogP contribution in [0.5, 0.6) is 17.2 Å². The lowest BCUT2D eigenvalue weighted by atomic mass is 9.96. The number of benzene rings is 5. The van der Waals surface area contributed by atoms with E-state index in [2.05, 4.69) is 64.1 Å². The van der Waals surface area contributed by atoms with E-state index in [1.54, 1.807) is 60.7 Å². The molecule has 1 fully saturated rings. The van der Waals surface area contributed by atoms with Crippen LogP contribution < -0.4 is 14.2 Å². The number of piperazine rings is 1. The van der Waals surface area contributed by atoms with Crippen molar-refractivity contribution in [2.24, 2.45) is 0 Å². The van der Waals surface area contributed by atoms with Gasteiger partial charge in [-0.05, 0) is 71.8 Å². The van der Waals surface area contributed by atoms with Crippen LogP contribution in [0.25, 0.3) is 0 Å². The van der Waals surface area contributed by atoms with Gasteiger partial charge >= 0.3 is 12.2 Å². The van der Waals surface area contributed by atoms with Crippen LogP contribution in [0.15, 0.2) is 140 Å². The molecule has 1 aliphatic rings. The van der Waals surface area contributed by atoms with E-state index >= 15 is 0 Å². The highest BCUT2D eigenvalue weighted by Gasteiger charge is 2.26. The average molecular weight is 730 g/mol. The molecule has 0 radical (unpaired) electrons. The highest BCUT2D eigenvalue weighted by molar-refractivity contribution is 6.30. The second-order valence-electron chi connectivity index (χ2n) is 12.2. The van der Waals surface area contributed by atoms with E-state index in [0.29, 0.717) is 12.4 Å². The van der Waals surface area contributed by atoms with Crippen LogP contribution in [-0.4, -0.2) is 73.0 Å². The summed E-state index contributed by atoms with van der Waals surface area (Å²) >= 11 is 6.19. The van der Waals surface area contributed by atoms with Gasteiger partial charge in [0.05, 0.1) is 12.6 Å². The molecule has 1 amide bonds. The smallest absolute Gasteiger partial charge is 0.492 e. The lowest BCUT2D eigenvalue weighted by molar-refractivity contribution is -0.0880. The molecule has 1 saturated heterocycles. The number of hydrogen-bond donors (Lipinski definition) is 0. The molecule has 5 aromatic rings. The van der Waals surface area contributed by atoms with E-state index in [0.717, 1.165) is 54.1 Å². The standard InChI is InChI=1S/C43H40ClN3O6/c44-37-23-21-36(22-24-37)41(35-13-4-1-5-14-35)46-30-28-45(29-31-46)32-33-50-38-25-19-34(20-26-38)12-10-11-27-47(42(48)51-39-15-6-2-7-16-39)53-43(49)52-40-17-8-3-9-18-40/h1-9,13-26,41H,11,27-33H2/t41-/m1/s1. The molecular formula is C43H40ClN3O6. The molecule has 6 rings (SSSR count). The van der Waals surface area contributed by atoms with Crippen LogP contribution in [-0.2, 0) is 4.84 Å². The minimum atomic E-state index is -1.07. The quantitative estimate of drug-likeness (QED) is 0.0580. The predicted molar refractivity (Wildman–Crippen MR) is 204 cm³/mol. The number of rotatable bonds is 11. The summed E-state index contributed by atoms with van der Waals surface area (Å²) in [6.45, 7) is 5.18. The fourth-order valence-electron chi connectivity index (χ4n) is 5.90. The van der Waals surface area contributed by atoms with E-state index in [-0.39, 0.29) is 24.8 Å². The SMILES string of the molecule is O=C(Oc1ccccc1)ON(CCC#Cc1ccc(OCCN2CCN([C@H](c3ccccc3)c3ccc(Cl)cc3)CC2)cc1)C(=O)Oc1ccccc1. The van der Waals surface area contributed by atoms with Crippen LogP contribution >= 0.6 is 11.6 Å². The second kappa shape index (κ2) is 19.2. The summed E-state index contributed by atoms with van der Waals surface area (Å²) in [5, 5.41) is 1.54. The Labute approximate surface area is 315 Å². The third kappa shape index (κ3) is 11.3. The molecule has 0 spiro atoms. The van der Waals surface area contributed by atoms with Crippen molar-refractivity contribution in [3.05, 3.63) is 161 Å². The van der Waals surface area contributed by atoms with E-state index < -0.39 is 12.2 Å². The van der Waals surface area contributed by atoms with Gasteiger partial charge < -0.3 is 14.2 Å². The molecule has 5 aromatic carbocycles. The number of ether oxygens (including phenoxy) is 3. The van der Waals surface area contributed by atoms with Crippen LogP contribution in [0.4, 0.5) is 9.59 Å². The molecule has 10 heteroatoms. The van der Waals surface area contributed by atoms with Crippen LogP contribution in [0.3, 0.4) is 0 Å². The van der Waals surface area contributed by atoms with Gasteiger partial charge in [0.1, 0.15) is 23.9 Å². The Morgan fingerprint density at radius 1 is 0.679 bits per heavy atom. The Bertz CT molecular complexity index is 1940. The molecule has 0 aromatic heterocycles. The monoisotopic (exact) mass is 729 g/mol. The first kappa shape index (κ1) is 37.0. The zero-order chi connectivity index (χ0) is 36.7. The minimum absolute atomic E-state index is 0.0357. The van der Waals surface area contributed by atoms with Crippen molar-refractivity contribution in [1.82, 2.24) is 14.9 Å². The Morgan fingerprint density at radius 3 is 1.91 bits per heavy atom. The van der Waals surface area contributed by atoms with Gasteiger partial charge in [0.15, 0.2) is 0 Å². The second-order valence-corrected chi connectivity index (χ2v) is 12.6. The first-order valence-corrected chi connectivity index (χ1v) is 17.9. The van der Waals surface area contributed by atoms with Crippen molar-refractivity contribution in [3.63, 3.8) is 0 Å². The van der Waals surface area contributed by atoms with Gasteiger partial charge in [0.25, 0.3) is 0 Å². The molecule has 1 atom stereocenters. The van der Waals surface area contributed by atoms with Crippen molar-refractivity contribution < 1.29 is 28.6 Å². The lowest BCUT2D eigenvalue weighted by Gasteiger charge is -2.39. The minimum Gasteiger partial charge on any atom is -0.492 e. The zero-order valence-corrected chi connectivity index (χ0v) is 29.9. The lowest BCUT2D eigenvalue weighted by Crippen LogP contribution is -2.48. The number of para-hydroxylation sites is 2. The Kier molecular flexibility index (Phi) is 13.4. The number of hydrogen-bond acceptors (Lipinski definition) is 8. The molecule has 53 heavy (non-hydrogen) atoms. The Balaban J connectivity index is 0.955. The van der Waals surface area contributed by atoms with Crippen LogP contribution in [0.1, 0.15) is 29.2 Å². The number of carbonyl (C=O) groups is 2. The normalized spacial score (nSPS) is 13.5. The van der Waals surface area contributed by atoms with Gasteiger partial charge in [-0.3, -0.25) is 14.6 Å². The topological polar surface area (TPSA) is 80.8 Å². The third-order valence-corrected chi connectivity index (χ3v) is 8.81. The highest BCUT2D eigenvalue weighted by atomic mass is 35.5. The van der Waals surface area contributed by atoms with Crippen molar-refractivity contribution in [1.29, 1.82) is 0 Å². The van der Waals surface area contributed by atoms with E-state index in [4.69, 9.17) is 30.6 Å². The summed E-state index contributed by atoms with van der Waals surface area (Å²) < 4.78 is 16.6. The molecule has 0 saturated carbocycles. The largest absolute Gasteiger partial charge is 0.539 e. The maximum atomic E-state index is 12.8. The van der Waals surface area contributed by atoms with Crippen molar-refractivity contribution >= 4 is 23.8 Å². The number of amides is 1. The summed E-state index contributed by atoms with van der Waals surface area (Å²) in [7, 11) is 0. The molecule has 9 nitrogen and oxygen atoms in total. The zero-order valence-electron chi connectivity index (χ0n) is 29.2. The van der Waals surface area contributed by atoms with Crippen LogP contribution in [0.2, 0.25) is 5.02 Å². The van der Waals surface area contributed by atoms with Crippen molar-refractivity contribution in [2.45, 2.75) is 12.5 Å². The van der Waals surface area contributed by atoms with Gasteiger partial charge in [0.2, 0.25) is 0 Å². The van der Waals surface area contributed by atoms with Gasteiger partial charge in [-0.1, -0.05) is 102 Å². The summed E-state index contributed by atoms with van der Waals surface area (Å²) in [6, 6.07) is 43.5. The molecule has 1 aliphatic heterocycles. The number of halogens is 1. The van der Waals surface area contributed by atoms with E-state index in [1.165, 1.54) is 11.1 Å². The van der Waals surface area contributed by atoms with Gasteiger partial charge in [-0.25, -0.2) is 9.59 Å². The molecule has 0 N–H and O–H groups in total. The maximum Gasteiger partial charge on any atom is 0.539 e. The van der Waals surface area contributed by atoms with Crippen LogP contribution in [0, 0.1) is 11.8 Å². The third-order valence-electron chi connectivity index (χ3n) is 8.56. The number of carbonyl (C=O) groups excluding carboxylic acids is 2. The molecule has 270 valence electrons. The fraction of sp³-hybridized carbons (Fsp3) is 0.209. The van der Waals surface area contributed by atoms with Crippen molar-refractivity contribution in [2.75, 3.05) is 45.9 Å². The first-order chi connectivity index (χ1) is 26.0. The summed E-state index contributed by atoms with van der Waals surface area (Å²) in [4.78, 5) is 35.4. The number of hydroxylamine groups is 2. The predicted octanol–water partition coefficient (Wildman–Crippen LogP) is 8.50. The molecule has 1 heterocycles. The van der Waals surface area contributed by atoms with Gasteiger partial charge in [0, 0.05) is 49.7 Å². The summed E-state index contributed by atoms with van der Waals surface area (Å²) in [5.41, 5.74) is 3.30.